The van der Waals surface area contributed by atoms with Gasteiger partial charge in [-0.05, 0) is 42.8 Å². The number of benzene rings is 1. The first-order chi connectivity index (χ1) is 11.1. The zero-order valence-electron chi connectivity index (χ0n) is 12.3. The summed E-state index contributed by atoms with van der Waals surface area (Å²) in [4.78, 5) is 21.3. The van der Waals surface area contributed by atoms with Crippen molar-refractivity contribution in [1.29, 1.82) is 0 Å². The lowest BCUT2D eigenvalue weighted by molar-refractivity contribution is 1.04. The van der Waals surface area contributed by atoms with Crippen LogP contribution in [0.3, 0.4) is 0 Å². The topological polar surface area (TPSA) is 47.8 Å². The Morgan fingerprint density at radius 2 is 1.96 bits per heavy atom. The molecule has 3 heterocycles. The van der Waals surface area contributed by atoms with Gasteiger partial charge in [0.15, 0.2) is 0 Å². The molecule has 0 saturated carbocycles. The minimum Gasteiger partial charge on any atom is -0.275 e. The standard InChI is InChI=1S/C18H12ClN3O/c1-11-3-2-4-13(9-11)22-16(23)8-5-12-10-20-14-6-7-15(19)21-17(14)18(12)22/h2-10H,1H3. The average molecular weight is 322 g/mol. The van der Waals surface area contributed by atoms with Crippen LogP contribution in [0.5, 0.6) is 0 Å². The molecule has 3 aromatic heterocycles. The maximum Gasteiger partial charge on any atom is 0.255 e. The molecule has 0 amide bonds. The highest BCUT2D eigenvalue weighted by Gasteiger charge is 2.11. The largest absolute Gasteiger partial charge is 0.275 e. The molecule has 1 aromatic carbocycles. The van der Waals surface area contributed by atoms with Crippen molar-refractivity contribution in [3.05, 3.63) is 75.8 Å². The van der Waals surface area contributed by atoms with Gasteiger partial charge in [-0.25, -0.2) is 4.98 Å². The minimum atomic E-state index is -0.114. The maximum absolute atomic E-state index is 12.6. The molecule has 0 aliphatic rings. The summed E-state index contributed by atoms with van der Waals surface area (Å²) in [5.74, 6) is 0. The number of hydrogen-bond acceptors (Lipinski definition) is 3. The van der Waals surface area contributed by atoms with Gasteiger partial charge in [0.2, 0.25) is 0 Å². The van der Waals surface area contributed by atoms with Crippen LogP contribution in [0, 0.1) is 6.92 Å². The molecule has 0 fully saturated rings. The van der Waals surface area contributed by atoms with Crippen LogP contribution < -0.4 is 5.56 Å². The van der Waals surface area contributed by atoms with Crippen molar-refractivity contribution in [2.45, 2.75) is 6.92 Å². The van der Waals surface area contributed by atoms with Crippen molar-refractivity contribution in [2.75, 3.05) is 0 Å². The molecule has 0 N–H and O–H groups in total. The summed E-state index contributed by atoms with van der Waals surface area (Å²) < 4.78 is 1.66. The molecule has 0 unspecified atom stereocenters. The Kier molecular flexibility index (Phi) is 3.13. The van der Waals surface area contributed by atoms with Crippen LogP contribution in [0.4, 0.5) is 0 Å². The predicted molar refractivity (Wildman–Crippen MR) is 92.4 cm³/mol. The Bertz CT molecular complexity index is 1120. The fourth-order valence-electron chi connectivity index (χ4n) is 2.77. The molecule has 4 aromatic rings. The first-order valence-electron chi connectivity index (χ1n) is 7.17. The summed E-state index contributed by atoms with van der Waals surface area (Å²) >= 11 is 6.06. The second kappa shape index (κ2) is 5.18. The van der Waals surface area contributed by atoms with Gasteiger partial charge in [-0.1, -0.05) is 23.7 Å². The van der Waals surface area contributed by atoms with E-state index < -0.39 is 0 Å². The lowest BCUT2D eigenvalue weighted by Crippen LogP contribution is -2.18. The van der Waals surface area contributed by atoms with E-state index in [9.17, 15) is 4.79 Å². The van der Waals surface area contributed by atoms with Gasteiger partial charge in [0.25, 0.3) is 5.56 Å². The number of fused-ring (bicyclic) bond motifs is 3. The predicted octanol–water partition coefficient (Wildman–Crippen LogP) is 3.90. The third-order valence-electron chi connectivity index (χ3n) is 3.79. The Morgan fingerprint density at radius 1 is 1.09 bits per heavy atom. The van der Waals surface area contributed by atoms with Crippen molar-refractivity contribution in [1.82, 2.24) is 14.5 Å². The summed E-state index contributed by atoms with van der Waals surface area (Å²) in [6, 6.07) is 14.6. The van der Waals surface area contributed by atoms with Gasteiger partial charge in [-0.3, -0.25) is 14.3 Å². The highest BCUT2D eigenvalue weighted by molar-refractivity contribution is 6.30. The lowest BCUT2D eigenvalue weighted by Gasteiger charge is -2.12. The molecule has 0 aliphatic heterocycles. The number of rotatable bonds is 1. The second-order valence-electron chi connectivity index (χ2n) is 5.41. The Morgan fingerprint density at radius 3 is 2.78 bits per heavy atom. The molecule has 4 nitrogen and oxygen atoms in total. The smallest absolute Gasteiger partial charge is 0.255 e. The van der Waals surface area contributed by atoms with Gasteiger partial charge >= 0.3 is 0 Å². The Hall–Kier alpha value is -2.72. The molecule has 0 bridgehead atoms. The Balaban J connectivity index is 2.24. The highest BCUT2D eigenvalue weighted by Crippen LogP contribution is 2.24. The summed E-state index contributed by atoms with van der Waals surface area (Å²) in [6.45, 7) is 1.99. The van der Waals surface area contributed by atoms with Crippen LogP contribution in [0.15, 0.2) is 59.5 Å². The molecule has 0 spiro atoms. The third kappa shape index (κ3) is 2.28. The van der Waals surface area contributed by atoms with Gasteiger partial charge < -0.3 is 0 Å². The SMILES string of the molecule is Cc1cccc(-n2c(=O)ccc3cnc4ccc(Cl)nc4c32)c1. The molecule has 0 saturated heterocycles. The number of aryl methyl sites for hydroxylation is 1. The zero-order chi connectivity index (χ0) is 16.0. The van der Waals surface area contributed by atoms with Crippen molar-refractivity contribution in [3.63, 3.8) is 0 Å². The van der Waals surface area contributed by atoms with E-state index in [-0.39, 0.29) is 5.56 Å². The molecular formula is C18H12ClN3O. The molecule has 112 valence electrons. The maximum atomic E-state index is 12.6. The third-order valence-corrected chi connectivity index (χ3v) is 4.00. The molecule has 0 aliphatic carbocycles. The average Bonchev–Trinajstić information content (AvgIpc) is 2.54. The number of nitrogens with zero attached hydrogens (tertiary/aromatic N) is 3. The lowest BCUT2D eigenvalue weighted by atomic mass is 10.1. The van der Waals surface area contributed by atoms with Crippen molar-refractivity contribution < 1.29 is 0 Å². The van der Waals surface area contributed by atoms with E-state index in [0.717, 1.165) is 22.2 Å². The summed E-state index contributed by atoms with van der Waals surface area (Å²) in [5, 5.41) is 1.22. The fraction of sp³-hybridized carbons (Fsp3) is 0.0556. The van der Waals surface area contributed by atoms with Crippen LogP contribution in [0.25, 0.3) is 27.6 Å². The molecular weight excluding hydrogens is 310 g/mol. The van der Waals surface area contributed by atoms with Gasteiger partial charge in [0, 0.05) is 23.3 Å². The van der Waals surface area contributed by atoms with Crippen molar-refractivity contribution in [3.8, 4) is 5.69 Å². The summed E-state index contributed by atoms with van der Waals surface area (Å²) in [6.07, 6.45) is 1.75. The van der Waals surface area contributed by atoms with Crippen LogP contribution in [0.1, 0.15) is 5.56 Å². The minimum absolute atomic E-state index is 0.114. The summed E-state index contributed by atoms with van der Waals surface area (Å²) in [5.41, 5.74) is 3.81. The molecule has 0 atom stereocenters. The van der Waals surface area contributed by atoms with Gasteiger partial charge in [0.1, 0.15) is 10.7 Å². The monoisotopic (exact) mass is 321 g/mol. The number of halogens is 1. The number of aromatic nitrogens is 3. The number of pyridine rings is 3. The first-order valence-corrected chi connectivity index (χ1v) is 7.55. The molecule has 4 rings (SSSR count). The normalized spacial score (nSPS) is 11.2. The van der Waals surface area contributed by atoms with Crippen molar-refractivity contribution >= 4 is 33.5 Å². The molecule has 0 radical (unpaired) electrons. The van der Waals surface area contributed by atoms with Crippen LogP contribution in [0.2, 0.25) is 5.15 Å². The van der Waals surface area contributed by atoms with Gasteiger partial charge in [0.05, 0.1) is 11.0 Å². The Labute approximate surface area is 137 Å². The summed E-state index contributed by atoms with van der Waals surface area (Å²) in [7, 11) is 0. The first kappa shape index (κ1) is 13.9. The molecule has 23 heavy (non-hydrogen) atoms. The van der Waals surface area contributed by atoms with Gasteiger partial charge in [-0.15, -0.1) is 0 Å². The van der Waals surface area contributed by atoms with Crippen LogP contribution in [-0.2, 0) is 0 Å². The van der Waals surface area contributed by atoms with Crippen molar-refractivity contribution in [2.24, 2.45) is 0 Å². The van der Waals surface area contributed by atoms with Crippen LogP contribution >= 0.6 is 11.6 Å². The van der Waals surface area contributed by atoms with E-state index in [0.29, 0.717) is 16.2 Å². The van der Waals surface area contributed by atoms with E-state index >= 15 is 0 Å². The van der Waals surface area contributed by atoms with Gasteiger partial charge in [-0.2, -0.15) is 0 Å². The molecule has 5 heteroatoms. The van der Waals surface area contributed by atoms with E-state index in [1.54, 1.807) is 29.0 Å². The fourth-order valence-corrected chi connectivity index (χ4v) is 2.92. The highest BCUT2D eigenvalue weighted by atomic mass is 35.5. The number of hydrogen-bond donors (Lipinski definition) is 0. The van der Waals surface area contributed by atoms with E-state index in [1.807, 2.05) is 37.3 Å². The quantitative estimate of drug-likeness (QED) is 0.394. The van der Waals surface area contributed by atoms with Crippen LogP contribution in [-0.4, -0.2) is 14.5 Å². The second-order valence-corrected chi connectivity index (χ2v) is 5.80. The van der Waals surface area contributed by atoms with E-state index in [4.69, 9.17) is 11.6 Å². The zero-order valence-corrected chi connectivity index (χ0v) is 13.1. The van der Waals surface area contributed by atoms with E-state index in [1.165, 1.54) is 0 Å². The van der Waals surface area contributed by atoms with E-state index in [2.05, 4.69) is 9.97 Å².